The Hall–Kier alpha value is -2.05. The molecular formula is C17H28N6O. The van der Waals surface area contributed by atoms with Gasteiger partial charge in [-0.05, 0) is 26.7 Å². The zero-order valence-corrected chi connectivity index (χ0v) is 15.2. The van der Waals surface area contributed by atoms with Crippen molar-refractivity contribution in [2.45, 2.75) is 45.7 Å². The number of rotatable bonds is 3. The number of urea groups is 1. The van der Waals surface area contributed by atoms with Crippen molar-refractivity contribution in [3.05, 3.63) is 11.3 Å². The van der Waals surface area contributed by atoms with Crippen LogP contribution in [0.1, 0.15) is 37.9 Å². The molecule has 2 aliphatic heterocycles. The van der Waals surface area contributed by atoms with Gasteiger partial charge in [-0.25, -0.2) is 9.78 Å². The van der Waals surface area contributed by atoms with Gasteiger partial charge in [0.15, 0.2) is 0 Å². The van der Waals surface area contributed by atoms with Crippen molar-refractivity contribution < 1.29 is 4.79 Å². The number of fused-ring (bicyclic) bond motifs is 1. The number of amides is 2. The number of hydrogen-bond donors (Lipinski definition) is 1. The SMILES string of the molecule is CC(C)Nc1nc2c(c(N(C)C)n1)CN(C(=O)N1CCCC1)CC2. The minimum Gasteiger partial charge on any atom is -0.362 e. The Morgan fingerprint density at radius 3 is 2.46 bits per heavy atom. The van der Waals surface area contributed by atoms with E-state index in [4.69, 9.17) is 0 Å². The van der Waals surface area contributed by atoms with E-state index in [9.17, 15) is 4.79 Å². The number of likely N-dealkylation sites (tertiary alicyclic amines) is 1. The summed E-state index contributed by atoms with van der Waals surface area (Å²) in [5, 5.41) is 3.29. The van der Waals surface area contributed by atoms with Gasteiger partial charge < -0.3 is 20.0 Å². The summed E-state index contributed by atoms with van der Waals surface area (Å²) >= 11 is 0. The van der Waals surface area contributed by atoms with Crippen LogP contribution in [0.25, 0.3) is 0 Å². The highest BCUT2D eigenvalue weighted by Crippen LogP contribution is 2.28. The van der Waals surface area contributed by atoms with E-state index in [1.807, 2.05) is 28.8 Å². The van der Waals surface area contributed by atoms with Crippen LogP contribution in [0.15, 0.2) is 0 Å². The molecule has 2 amide bonds. The third-order valence-electron chi connectivity index (χ3n) is 4.53. The van der Waals surface area contributed by atoms with Crippen LogP contribution in [0.2, 0.25) is 0 Å². The number of carbonyl (C=O) groups is 1. The molecule has 0 aromatic carbocycles. The molecule has 1 N–H and O–H groups in total. The topological polar surface area (TPSA) is 64.6 Å². The third kappa shape index (κ3) is 3.39. The van der Waals surface area contributed by atoms with Crippen LogP contribution in [-0.4, -0.2) is 65.6 Å². The maximum Gasteiger partial charge on any atom is 0.320 e. The molecule has 7 heteroatoms. The lowest BCUT2D eigenvalue weighted by molar-refractivity contribution is 0.157. The zero-order valence-electron chi connectivity index (χ0n) is 15.2. The number of hydrogen-bond acceptors (Lipinski definition) is 5. The normalized spacial score (nSPS) is 17.2. The van der Waals surface area contributed by atoms with Gasteiger partial charge in [0.2, 0.25) is 5.95 Å². The molecule has 3 rings (SSSR count). The van der Waals surface area contributed by atoms with Crippen LogP contribution in [-0.2, 0) is 13.0 Å². The second-order valence-corrected chi connectivity index (χ2v) is 7.14. The molecule has 1 aromatic rings. The molecule has 2 aliphatic rings. The quantitative estimate of drug-likeness (QED) is 0.916. The molecule has 0 atom stereocenters. The summed E-state index contributed by atoms with van der Waals surface area (Å²) in [6, 6.07) is 0.446. The van der Waals surface area contributed by atoms with Crippen LogP contribution < -0.4 is 10.2 Å². The highest BCUT2D eigenvalue weighted by atomic mass is 16.2. The van der Waals surface area contributed by atoms with E-state index in [2.05, 4.69) is 29.1 Å². The van der Waals surface area contributed by atoms with Crippen molar-refractivity contribution in [2.75, 3.05) is 43.9 Å². The van der Waals surface area contributed by atoms with Gasteiger partial charge in [0, 0.05) is 51.8 Å². The summed E-state index contributed by atoms with van der Waals surface area (Å²) in [7, 11) is 3.98. The molecule has 1 aromatic heterocycles. The van der Waals surface area contributed by atoms with Gasteiger partial charge in [-0.15, -0.1) is 0 Å². The lowest BCUT2D eigenvalue weighted by atomic mass is 10.1. The Morgan fingerprint density at radius 1 is 1.12 bits per heavy atom. The molecule has 0 aliphatic carbocycles. The van der Waals surface area contributed by atoms with Crippen molar-refractivity contribution in [1.82, 2.24) is 19.8 Å². The van der Waals surface area contributed by atoms with Gasteiger partial charge >= 0.3 is 6.03 Å². The molecule has 0 radical (unpaired) electrons. The molecule has 132 valence electrons. The number of nitrogens with one attached hydrogen (secondary N) is 1. The number of nitrogens with zero attached hydrogens (tertiary/aromatic N) is 5. The molecule has 0 saturated carbocycles. The fraction of sp³-hybridized carbons (Fsp3) is 0.706. The average molecular weight is 332 g/mol. The first kappa shape index (κ1) is 16.8. The second kappa shape index (κ2) is 6.83. The molecule has 24 heavy (non-hydrogen) atoms. The van der Waals surface area contributed by atoms with Gasteiger partial charge in [-0.1, -0.05) is 0 Å². The maximum atomic E-state index is 12.7. The number of aromatic nitrogens is 2. The van der Waals surface area contributed by atoms with E-state index in [1.54, 1.807) is 0 Å². The summed E-state index contributed by atoms with van der Waals surface area (Å²) in [5.74, 6) is 1.58. The van der Waals surface area contributed by atoms with Crippen molar-refractivity contribution in [1.29, 1.82) is 0 Å². The Kier molecular flexibility index (Phi) is 4.78. The molecule has 0 bridgehead atoms. The number of anilines is 2. The third-order valence-corrected chi connectivity index (χ3v) is 4.53. The molecule has 7 nitrogen and oxygen atoms in total. The average Bonchev–Trinajstić information content (AvgIpc) is 3.06. The second-order valence-electron chi connectivity index (χ2n) is 7.14. The molecular weight excluding hydrogens is 304 g/mol. The van der Waals surface area contributed by atoms with Crippen LogP contribution in [0.5, 0.6) is 0 Å². The van der Waals surface area contributed by atoms with Gasteiger partial charge in [-0.2, -0.15) is 4.98 Å². The lowest BCUT2D eigenvalue weighted by Gasteiger charge is -2.33. The summed E-state index contributed by atoms with van der Waals surface area (Å²) < 4.78 is 0. The highest BCUT2D eigenvalue weighted by Gasteiger charge is 2.29. The van der Waals surface area contributed by atoms with Crippen molar-refractivity contribution >= 4 is 17.8 Å². The Balaban J connectivity index is 1.85. The first-order valence-corrected chi connectivity index (χ1v) is 8.83. The van der Waals surface area contributed by atoms with Crippen LogP contribution >= 0.6 is 0 Å². The van der Waals surface area contributed by atoms with E-state index < -0.39 is 0 Å². The predicted molar refractivity (Wildman–Crippen MR) is 95.4 cm³/mol. The fourth-order valence-corrected chi connectivity index (χ4v) is 3.36. The summed E-state index contributed by atoms with van der Waals surface area (Å²) in [5.41, 5.74) is 2.13. The van der Waals surface area contributed by atoms with E-state index >= 15 is 0 Å². The maximum absolute atomic E-state index is 12.7. The Bertz CT molecular complexity index is 609. The van der Waals surface area contributed by atoms with Crippen LogP contribution in [0, 0.1) is 0 Å². The first-order chi connectivity index (χ1) is 11.5. The van der Waals surface area contributed by atoms with E-state index in [1.165, 1.54) is 0 Å². The lowest BCUT2D eigenvalue weighted by Crippen LogP contribution is -2.44. The van der Waals surface area contributed by atoms with Crippen molar-refractivity contribution in [3.63, 3.8) is 0 Å². The minimum absolute atomic E-state index is 0.159. The van der Waals surface area contributed by atoms with E-state index in [0.29, 0.717) is 12.5 Å². The summed E-state index contributed by atoms with van der Waals surface area (Å²) in [6.45, 7) is 7.25. The van der Waals surface area contributed by atoms with Crippen molar-refractivity contribution in [3.8, 4) is 0 Å². The Labute approximate surface area is 144 Å². The molecule has 1 saturated heterocycles. The van der Waals surface area contributed by atoms with Gasteiger partial charge in [0.1, 0.15) is 5.82 Å². The molecule has 0 spiro atoms. The predicted octanol–water partition coefficient (Wildman–Crippen LogP) is 1.94. The highest BCUT2D eigenvalue weighted by molar-refractivity contribution is 5.75. The first-order valence-electron chi connectivity index (χ1n) is 8.83. The zero-order chi connectivity index (χ0) is 17.3. The molecule has 3 heterocycles. The summed E-state index contributed by atoms with van der Waals surface area (Å²) in [6.07, 6.45) is 3.02. The minimum atomic E-state index is 0.159. The van der Waals surface area contributed by atoms with E-state index in [0.717, 1.165) is 56.0 Å². The Morgan fingerprint density at radius 2 is 1.83 bits per heavy atom. The fourth-order valence-electron chi connectivity index (χ4n) is 3.36. The van der Waals surface area contributed by atoms with Gasteiger partial charge in [0.25, 0.3) is 0 Å². The van der Waals surface area contributed by atoms with Gasteiger partial charge in [0.05, 0.1) is 12.2 Å². The molecule has 0 unspecified atom stereocenters. The smallest absolute Gasteiger partial charge is 0.320 e. The van der Waals surface area contributed by atoms with Crippen molar-refractivity contribution in [2.24, 2.45) is 0 Å². The molecule has 1 fully saturated rings. The van der Waals surface area contributed by atoms with E-state index in [-0.39, 0.29) is 12.1 Å². The summed E-state index contributed by atoms with van der Waals surface area (Å²) in [4.78, 5) is 28.0. The largest absolute Gasteiger partial charge is 0.362 e. The monoisotopic (exact) mass is 332 g/mol. The van der Waals surface area contributed by atoms with Gasteiger partial charge in [-0.3, -0.25) is 0 Å². The standard InChI is InChI=1S/C17H28N6O/c1-12(2)18-16-19-14-7-10-23(17(24)22-8-5-6-9-22)11-13(14)15(20-16)21(3)4/h12H,5-11H2,1-4H3,(H,18,19,20). The van der Waals surface area contributed by atoms with Crippen LogP contribution in [0.4, 0.5) is 16.6 Å². The van der Waals surface area contributed by atoms with Crippen LogP contribution in [0.3, 0.4) is 0 Å². The number of carbonyl (C=O) groups excluding carboxylic acids is 1.